The van der Waals surface area contributed by atoms with Gasteiger partial charge in [0.15, 0.2) is 11.5 Å². The third-order valence-electron chi connectivity index (χ3n) is 6.00. The first-order valence-corrected chi connectivity index (χ1v) is 9.29. The van der Waals surface area contributed by atoms with Crippen molar-refractivity contribution in [2.75, 3.05) is 20.8 Å². The molecule has 3 aromatic rings. The quantitative estimate of drug-likeness (QED) is 0.764. The first kappa shape index (κ1) is 15.7. The van der Waals surface area contributed by atoms with Gasteiger partial charge in [0.05, 0.1) is 14.2 Å². The number of benzene rings is 3. The molecule has 3 heteroatoms. The smallest absolute Gasteiger partial charge is 0.161 e. The summed E-state index contributed by atoms with van der Waals surface area (Å²) in [6.45, 7) is 0.996. The monoisotopic (exact) mass is 345 g/mol. The Morgan fingerprint density at radius 3 is 2.46 bits per heavy atom. The van der Waals surface area contributed by atoms with Crippen LogP contribution in [0.25, 0.3) is 10.8 Å². The summed E-state index contributed by atoms with van der Waals surface area (Å²) >= 11 is 0. The van der Waals surface area contributed by atoms with Crippen molar-refractivity contribution >= 4 is 10.8 Å². The summed E-state index contributed by atoms with van der Waals surface area (Å²) in [7, 11) is 3.42. The van der Waals surface area contributed by atoms with Crippen LogP contribution in [0.5, 0.6) is 11.5 Å². The lowest BCUT2D eigenvalue weighted by atomic mass is 9.82. The van der Waals surface area contributed by atoms with Gasteiger partial charge in [0.2, 0.25) is 0 Å². The molecule has 0 spiro atoms. The number of ether oxygens (including phenoxy) is 2. The lowest BCUT2D eigenvalue weighted by Crippen LogP contribution is -2.34. The predicted octanol–water partition coefficient (Wildman–Crippen LogP) is 4.38. The molecule has 1 aliphatic carbocycles. The molecule has 0 fully saturated rings. The molecular formula is C23H23NO2. The molecule has 0 saturated heterocycles. The van der Waals surface area contributed by atoms with Gasteiger partial charge in [-0.1, -0.05) is 36.4 Å². The minimum atomic E-state index is 0.302. The lowest BCUT2D eigenvalue weighted by Gasteiger charge is -2.33. The van der Waals surface area contributed by atoms with Gasteiger partial charge in [-0.15, -0.1) is 0 Å². The number of rotatable bonds is 3. The minimum absolute atomic E-state index is 0.302. The fourth-order valence-electron chi connectivity index (χ4n) is 4.85. The van der Waals surface area contributed by atoms with Crippen LogP contribution < -0.4 is 14.8 Å². The molecule has 1 N–H and O–H groups in total. The van der Waals surface area contributed by atoms with Crippen LogP contribution in [0.15, 0.2) is 48.5 Å². The molecule has 3 nitrogen and oxygen atoms in total. The second kappa shape index (κ2) is 6.03. The molecule has 1 aliphatic heterocycles. The van der Waals surface area contributed by atoms with Crippen LogP contribution in [0, 0.1) is 0 Å². The van der Waals surface area contributed by atoms with Gasteiger partial charge in [0.1, 0.15) is 0 Å². The van der Waals surface area contributed by atoms with Crippen molar-refractivity contribution in [2.45, 2.75) is 24.8 Å². The van der Waals surface area contributed by atoms with Gasteiger partial charge in [-0.25, -0.2) is 0 Å². The number of hydrogen-bond acceptors (Lipinski definition) is 3. The van der Waals surface area contributed by atoms with E-state index in [0.29, 0.717) is 12.0 Å². The molecule has 0 saturated carbocycles. The summed E-state index contributed by atoms with van der Waals surface area (Å²) in [5.74, 6) is 2.09. The van der Waals surface area contributed by atoms with E-state index in [1.807, 2.05) is 0 Å². The second-order valence-corrected chi connectivity index (χ2v) is 7.26. The predicted molar refractivity (Wildman–Crippen MR) is 104 cm³/mol. The van der Waals surface area contributed by atoms with Gasteiger partial charge in [-0.3, -0.25) is 0 Å². The Bertz CT molecular complexity index is 990. The Labute approximate surface area is 153 Å². The zero-order valence-electron chi connectivity index (χ0n) is 15.2. The standard InChI is InChI=1S/C23H23NO2/c1-25-20-12-15-9-10-24-23(18(15)13-21(20)26-2)19-11-16-7-3-5-14-6-4-8-17(19)22(14)16/h3-8,12-13,19,23-24H,9-11H2,1-2H3. The van der Waals surface area contributed by atoms with Crippen LogP contribution in [0.2, 0.25) is 0 Å². The Kier molecular flexibility index (Phi) is 3.64. The van der Waals surface area contributed by atoms with E-state index in [1.54, 1.807) is 14.2 Å². The molecule has 26 heavy (non-hydrogen) atoms. The van der Waals surface area contributed by atoms with E-state index in [1.165, 1.54) is 33.0 Å². The number of hydrogen-bond donors (Lipinski definition) is 1. The van der Waals surface area contributed by atoms with E-state index < -0.39 is 0 Å². The lowest BCUT2D eigenvalue weighted by molar-refractivity contribution is 0.350. The summed E-state index contributed by atoms with van der Waals surface area (Å²) < 4.78 is 11.1. The van der Waals surface area contributed by atoms with Crippen LogP contribution in [0.1, 0.15) is 34.2 Å². The van der Waals surface area contributed by atoms with E-state index in [0.717, 1.165) is 30.9 Å². The molecule has 1 heterocycles. The van der Waals surface area contributed by atoms with Gasteiger partial charge in [-0.05, 0) is 64.5 Å². The van der Waals surface area contributed by atoms with Crippen molar-refractivity contribution in [3.8, 4) is 11.5 Å². The molecule has 3 aromatic carbocycles. The Hall–Kier alpha value is -2.52. The molecule has 0 radical (unpaired) electrons. The van der Waals surface area contributed by atoms with Crippen molar-refractivity contribution in [3.05, 3.63) is 70.8 Å². The Morgan fingerprint density at radius 1 is 0.885 bits per heavy atom. The molecule has 0 aromatic heterocycles. The zero-order valence-corrected chi connectivity index (χ0v) is 15.2. The molecule has 132 valence electrons. The van der Waals surface area contributed by atoms with Gasteiger partial charge >= 0.3 is 0 Å². The van der Waals surface area contributed by atoms with Gasteiger partial charge < -0.3 is 14.8 Å². The van der Waals surface area contributed by atoms with Crippen molar-refractivity contribution < 1.29 is 9.47 Å². The summed E-state index contributed by atoms with van der Waals surface area (Å²) in [6, 6.07) is 18.0. The highest BCUT2D eigenvalue weighted by Crippen LogP contribution is 2.47. The number of methoxy groups -OCH3 is 2. The van der Waals surface area contributed by atoms with Gasteiger partial charge in [-0.2, -0.15) is 0 Å². The summed E-state index contributed by atoms with van der Waals surface area (Å²) in [4.78, 5) is 0. The van der Waals surface area contributed by atoms with E-state index in [-0.39, 0.29) is 0 Å². The highest BCUT2D eigenvalue weighted by Gasteiger charge is 2.34. The van der Waals surface area contributed by atoms with Crippen LogP contribution in [-0.4, -0.2) is 20.8 Å². The summed E-state index contributed by atoms with van der Waals surface area (Å²) in [5, 5.41) is 6.59. The Morgan fingerprint density at radius 2 is 1.65 bits per heavy atom. The average Bonchev–Trinajstić information content (AvgIpc) is 3.07. The third-order valence-corrected chi connectivity index (χ3v) is 6.00. The highest BCUT2D eigenvalue weighted by atomic mass is 16.5. The fraction of sp³-hybridized carbons (Fsp3) is 0.304. The van der Waals surface area contributed by atoms with Crippen LogP contribution >= 0.6 is 0 Å². The number of nitrogens with one attached hydrogen (secondary N) is 1. The van der Waals surface area contributed by atoms with Gasteiger partial charge in [0.25, 0.3) is 0 Å². The third kappa shape index (κ3) is 2.24. The second-order valence-electron chi connectivity index (χ2n) is 7.26. The molecule has 0 amide bonds. The molecule has 5 rings (SSSR count). The molecular weight excluding hydrogens is 322 g/mol. The van der Waals surface area contributed by atoms with Crippen LogP contribution in [-0.2, 0) is 12.8 Å². The summed E-state index contributed by atoms with van der Waals surface area (Å²) in [6.07, 6.45) is 2.11. The number of fused-ring (bicyclic) bond motifs is 1. The molecule has 2 aliphatic rings. The van der Waals surface area contributed by atoms with Crippen LogP contribution in [0.3, 0.4) is 0 Å². The maximum Gasteiger partial charge on any atom is 0.161 e. The maximum absolute atomic E-state index is 5.58. The SMILES string of the molecule is COc1cc2c(cc1OC)C(C1Cc3cccc4cccc1c34)NCC2. The average molecular weight is 345 g/mol. The van der Waals surface area contributed by atoms with Crippen molar-refractivity contribution in [3.63, 3.8) is 0 Å². The molecule has 0 bridgehead atoms. The molecule has 2 unspecified atom stereocenters. The highest BCUT2D eigenvalue weighted by molar-refractivity contribution is 5.91. The normalized spacial score (nSPS) is 20.8. The van der Waals surface area contributed by atoms with E-state index in [4.69, 9.17) is 9.47 Å². The maximum atomic E-state index is 5.58. The van der Waals surface area contributed by atoms with Crippen molar-refractivity contribution in [1.29, 1.82) is 0 Å². The summed E-state index contributed by atoms with van der Waals surface area (Å²) in [5.41, 5.74) is 5.66. The van der Waals surface area contributed by atoms with E-state index in [9.17, 15) is 0 Å². The zero-order chi connectivity index (χ0) is 17.7. The first-order chi connectivity index (χ1) is 12.8. The van der Waals surface area contributed by atoms with Crippen molar-refractivity contribution in [1.82, 2.24) is 5.32 Å². The largest absolute Gasteiger partial charge is 0.493 e. The van der Waals surface area contributed by atoms with Gasteiger partial charge in [0, 0.05) is 12.0 Å². The molecule has 2 atom stereocenters. The van der Waals surface area contributed by atoms with E-state index >= 15 is 0 Å². The minimum Gasteiger partial charge on any atom is -0.493 e. The van der Waals surface area contributed by atoms with Crippen LogP contribution in [0.4, 0.5) is 0 Å². The Balaban J connectivity index is 1.63. The first-order valence-electron chi connectivity index (χ1n) is 9.29. The van der Waals surface area contributed by atoms with E-state index in [2.05, 4.69) is 53.8 Å². The van der Waals surface area contributed by atoms with Crippen molar-refractivity contribution in [2.24, 2.45) is 0 Å². The fourth-order valence-corrected chi connectivity index (χ4v) is 4.85. The topological polar surface area (TPSA) is 30.5 Å².